The average molecular weight is 550 g/mol. The second-order valence-corrected chi connectivity index (χ2v) is 10.5. The number of hydrogen-bond acceptors (Lipinski definition) is 5. The Balaban J connectivity index is 1.44. The molecule has 5 rings (SSSR count). The molecular formula is C35H39N3O3. The highest BCUT2D eigenvalue weighted by molar-refractivity contribution is 5.69. The third kappa shape index (κ3) is 6.50. The molecule has 0 spiro atoms. The molecule has 1 saturated heterocycles. The highest BCUT2D eigenvalue weighted by Gasteiger charge is 2.44. The van der Waals surface area contributed by atoms with E-state index in [0.29, 0.717) is 26.0 Å². The van der Waals surface area contributed by atoms with Crippen LogP contribution in [0.15, 0.2) is 109 Å². The van der Waals surface area contributed by atoms with E-state index in [1.54, 1.807) is 0 Å². The Labute approximate surface area is 242 Å². The van der Waals surface area contributed by atoms with Gasteiger partial charge < -0.3 is 9.84 Å². The molecule has 3 aromatic carbocycles. The van der Waals surface area contributed by atoms with Gasteiger partial charge in [0.25, 0.3) is 0 Å². The quantitative estimate of drug-likeness (QED) is 0.140. The van der Waals surface area contributed by atoms with Crippen LogP contribution in [0, 0.1) is 0 Å². The number of hydrogen-bond donors (Lipinski definition) is 1. The molecule has 6 heteroatoms. The van der Waals surface area contributed by atoms with Crippen LogP contribution in [0.25, 0.3) is 6.08 Å². The fourth-order valence-electron chi connectivity index (χ4n) is 5.93. The summed E-state index contributed by atoms with van der Waals surface area (Å²) in [6.07, 6.45) is 6.16. The maximum atomic E-state index is 11.6. The number of ether oxygens (including phenoxy) is 1. The van der Waals surface area contributed by atoms with E-state index >= 15 is 0 Å². The second kappa shape index (κ2) is 13.6. The van der Waals surface area contributed by atoms with Crippen molar-refractivity contribution in [3.63, 3.8) is 0 Å². The smallest absolute Gasteiger partial charge is 0.305 e. The third-order valence-electron chi connectivity index (χ3n) is 7.84. The van der Waals surface area contributed by atoms with Gasteiger partial charge in [-0.2, -0.15) is 5.10 Å². The molecule has 1 unspecified atom stereocenters. The van der Waals surface area contributed by atoms with Crippen LogP contribution in [0.4, 0.5) is 0 Å². The van der Waals surface area contributed by atoms with Crippen molar-refractivity contribution < 1.29 is 14.6 Å². The zero-order valence-corrected chi connectivity index (χ0v) is 23.7. The Morgan fingerprint density at radius 2 is 1.51 bits per heavy atom. The fourth-order valence-corrected chi connectivity index (χ4v) is 5.93. The average Bonchev–Trinajstić information content (AvgIpc) is 3.46. The second-order valence-electron chi connectivity index (χ2n) is 10.5. The van der Waals surface area contributed by atoms with Crippen LogP contribution in [-0.4, -0.2) is 51.6 Å². The molecule has 0 radical (unpaired) electrons. The fraction of sp³-hybridized carbons (Fsp3) is 0.314. The van der Waals surface area contributed by atoms with Crippen molar-refractivity contribution in [2.75, 3.05) is 19.7 Å². The van der Waals surface area contributed by atoms with E-state index in [1.165, 1.54) is 16.7 Å². The first-order valence-corrected chi connectivity index (χ1v) is 14.6. The van der Waals surface area contributed by atoms with Gasteiger partial charge in [0.05, 0.1) is 23.9 Å². The highest BCUT2D eigenvalue weighted by atomic mass is 16.5. The van der Waals surface area contributed by atoms with Crippen LogP contribution in [0.5, 0.6) is 0 Å². The van der Waals surface area contributed by atoms with Crippen molar-refractivity contribution in [3.05, 3.63) is 131 Å². The van der Waals surface area contributed by atoms with E-state index < -0.39 is 11.6 Å². The molecule has 1 N–H and O–H groups in total. The minimum absolute atomic E-state index is 0.146. The van der Waals surface area contributed by atoms with Gasteiger partial charge in [0.2, 0.25) is 0 Å². The molecule has 1 fully saturated rings. The number of rotatable bonds is 11. The predicted octanol–water partition coefficient (Wildman–Crippen LogP) is 6.06. The van der Waals surface area contributed by atoms with Crippen molar-refractivity contribution in [3.8, 4) is 0 Å². The molecule has 0 amide bonds. The zero-order chi connectivity index (χ0) is 28.5. The van der Waals surface area contributed by atoms with Crippen LogP contribution in [0.1, 0.15) is 55.0 Å². The lowest BCUT2D eigenvalue weighted by molar-refractivity contribution is -0.143. The SMILES string of the molecule is CCOC(=O)CCCCn1ccc(C=C2CN(C(c3ccccc3)(c3ccccc3)c3ccccc3)CCC2O)n1. The Morgan fingerprint density at radius 1 is 0.927 bits per heavy atom. The first-order chi connectivity index (χ1) is 20.1. The first-order valence-electron chi connectivity index (χ1n) is 14.6. The number of piperidine rings is 1. The van der Waals surface area contributed by atoms with E-state index in [0.717, 1.165) is 37.2 Å². The Kier molecular flexibility index (Phi) is 9.44. The summed E-state index contributed by atoms with van der Waals surface area (Å²) in [4.78, 5) is 14.1. The molecule has 4 aromatic rings. The summed E-state index contributed by atoms with van der Waals surface area (Å²) in [6, 6.07) is 34.0. The van der Waals surface area contributed by atoms with Gasteiger partial charge in [-0.25, -0.2) is 0 Å². The van der Waals surface area contributed by atoms with E-state index in [2.05, 4.69) is 95.9 Å². The van der Waals surface area contributed by atoms with E-state index in [-0.39, 0.29) is 5.97 Å². The van der Waals surface area contributed by atoms with Gasteiger partial charge in [0, 0.05) is 32.3 Å². The number of aromatic nitrogens is 2. The van der Waals surface area contributed by atoms with Gasteiger partial charge in [-0.3, -0.25) is 14.4 Å². The van der Waals surface area contributed by atoms with Crippen molar-refractivity contribution in [2.45, 2.75) is 50.8 Å². The van der Waals surface area contributed by atoms with Gasteiger partial charge in [-0.05, 0) is 60.6 Å². The number of unbranched alkanes of at least 4 members (excludes halogenated alkanes) is 1. The third-order valence-corrected chi connectivity index (χ3v) is 7.84. The summed E-state index contributed by atoms with van der Waals surface area (Å²) in [6.45, 7) is 4.32. The number of benzene rings is 3. The number of esters is 1. The Bertz CT molecular complexity index is 1320. The number of carbonyl (C=O) groups excluding carboxylic acids is 1. The maximum absolute atomic E-state index is 11.6. The molecular weight excluding hydrogens is 510 g/mol. The monoisotopic (exact) mass is 549 g/mol. The lowest BCUT2D eigenvalue weighted by Crippen LogP contribution is -2.52. The van der Waals surface area contributed by atoms with Crippen molar-refractivity contribution in [2.24, 2.45) is 0 Å². The molecule has 2 heterocycles. The minimum Gasteiger partial charge on any atom is -0.466 e. The number of aliphatic hydroxyl groups excluding tert-OH is 1. The van der Waals surface area contributed by atoms with Crippen molar-refractivity contribution in [1.82, 2.24) is 14.7 Å². The molecule has 0 aliphatic carbocycles. The molecule has 212 valence electrons. The largest absolute Gasteiger partial charge is 0.466 e. The minimum atomic E-state index is -0.527. The number of aliphatic hydroxyl groups is 1. The lowest BCUT2D eigenvalue weighted by atomic mass is 9.74. The zero-order valence-electron chi connectivity index (χ0n) is 23.7. The van der Waals surface area contributed by atoms with E-state index in [4.69, 9.17) is 9.84 Å². The summed E-state index contributed by atoms with van der Waals surface area (Å²) in [5.74, 6) is -0.146. The molecule has 1 atom stereocenters. The van der Waals surface area contributed by atoms with Gasteiger partial charge in [-0.15, -0.1) is 0 Å². The van der Waals surface area contributed by atoms with E-state index in [1.807, 2.05) is 29.9 Å². The summed E-state index contributed by atoms with van der Waals surface area (Å²) in [7, 11) is 0. The molecule has 41 heavy (non-hydrogen) atoms. The van der Waals surface area contributed by atoms with Gasteiger partial charge in [-0.1, -0.05) is 91.0 Å². The van der Waals surface area contributed by atoms with Crippen molar-refractivity contribution in [1.29, 1.82) is 0 Å². The topological polar surface area (TPSA) is 67.6 Å². The molecule has 1 aliphatic heterocycles. The van der Waals surface area contributed by atoms with Crippen LogP contribution in [-0.2, 0) is 21.6 Å². The number of carbonyl (C=O) groups is 1. The normalized spacial score (nSPS) is 17.0. The first kappa shape index (κ1) is 28.5. The molecule has 6 nitrogen and oxygen atoms in total. The van der Waals surface area contributed by atoms with Gasteiger partial charge in [0.15, 0.2) is 0 Å². The molecule has 0 bridgehead atoms. The lowest BCUT2D eigenvalue weighted by Gasteiger charge is -2.48. The number of aryl methyl sites for hydroxylation is 1. The summed E-state index contributed by atoms with van der Waals surface area (Å²) < 4.78 is 6.92. The van der Waals surface area contributed by atoms with Crippen LogP contribution in [0.3, 0.4) is 0 Å². The van der Waals surface area contributed by atoms with Crippen LogP contribution >= 0.6 is 0 Å². The molecule has 1 aromatic heterocycles. The maximum Gasteiger partial charge on any atom is 0.305 e. The Morgan fingerprint density at radius 3 is 2.07 bits per heavy atom. The molecule has 1 aliphatic rings. The highest BCUT2D eigenvalue weighted by Crippen LogP contribution is 2.44. The summed E-state index contributed by atoms with van der Waals surface area (Å²) >= 11 is 0. The standard InChI is InChI=1S/C35H39N3O3/c1-2-41-34(40)20-12-13-23-38-25-21-32(36-38)26-28-27-37(24-22-33(28)39)35(29-14-6-3-7-15-29,30-16-8-4-9-17-30)31-18-10-5-11-19-31/h3-11,14-19,21,25-26,33,39H,2,12-13,20,22-24,27H2,1H3. The van der Waals surface area contributed by atoms with Gasteiger partial charge >= 0.3 is 5.97 Å². The van der Waals surface area contributed by atoms with Crippen LogP contribution in [0.2, 0.25) is 0 Å². The summed E-state index contributed by atoms with van der Waals surface area (Å²) in [5, 5.41) is 15.9. The molecule has 0 saturated carbocycles. The number of likely N-dealkylation sites (tertiary alicyclic amines) is 1. The van der Waals surface area contributed by atoms with Gasteiger partial charge in [0.1, 0.15) is 0 Å². The Hall–Kier alpha value is -4.00. The number of nitrogens with zero attached hydrogens (tertiary/aromatic N) is 3. The van der Waals surface area contributed by atoms with E-state index in [9.17, 15) is 9.90 Å². The van der Waals surface area contributed by atoms with Crippen molar-refractivity contribution >= 4 is 12.0 Å². The predicted molar refractivity (Wildman–Crippen MR) is 162 cm³/mol. The summed E-state index contributed by atoms with van der Waals surface area (Å²) in [5.41, 5.74) is 4.84. The van der Waals surface area contributed by atoms with Crippen LogP contribution < -0.4 is 0 Å².